The van der Waals surface area contributed by atoms with Crippen LogP contribution in [0.5, 0.6) is 0 Å². The molecule has 3 heterocycles. The lowest BCUT2D eigenvalue weighted by Gasteiger charge is -2.24. The van der Waals surface area contributed by atoms with Crippen molar-refractivity contribution in [2.24, 2.45) is 0 Å². The zero-order chi connectivity index (χ0) is 19.2. The molecule has 0 saturated carbocycles. The van der Waals surface area contributed by atoms with Gasteiger partial charge in [0.2, 0.25) is 0 Å². The first-order valence-electron chi connectivity index (χ1n) is 9.36. The SMILES string of the molecule is CCCn1cnnc1[C@@H](C)NC(=O)N1CCCN(C(=O)c2ccco2)CC1. The summed E-state index contributed by atoms with van der Waals surface area (Å²) in [5, 5.41) is 11.1. The van der Waals surface area contributed by atoms with E-state index in [0.29, 0.717) is 31.9 Å². The smallest absolute Gasteiger partial charge is 0.318 e. The van der Waals surface area contributed by atoms with Crippen molar-refractivity contribution in [3.63, 3.8) is 0 Å². The summed E-state index contributed by atoms with van der Waals surface area (Å²) in [5.41, 5.74) is 0. The number of carbonyl (C=O) groups is 2. The zero-order valence-electron chi connectivity index (χ0n) is 15.8. The van der Waals surface area contributed by atoms with Gasteiger partial charge in [-0.3, -0.25) is 4.79 Å². The van der Waals surface area contributed by atoms with Crippen LogP contribution in [0.2, 0.25) is 0 Å². The summed E-state index contributed by atoms with van der Waals surface area (Å²) >= 11 is 0. The number of nitrogens with one attached hydrogen (secondary N) is 1. The molecule has 0 aliphatic carbocycles. The summed E-state index contributed by atoms with van der Waals surface area (Å²) in [6.45, 7) is 6.96. The van der Waals surface area contributed by atoms with Crippen molar-refractivity contribution < 1.29 is 14.0 Å². The second-order valence-electron chi connectivity index (χ2n) is 6.66. The van der Waals surface area contributed by atoms with E-state index in [1.165, 1.54) is 6.26 Å². The highest BCUT2D eigenvalue weighted by molar-refractivity contribution is 5.91. The Morgan fingerprint density at radius 2 is 2.04 bits per heavy atom. The largest absolute Gasteiger partial charge is 0.459 e. The van der Waals surface area contributed by atoms with Crippen LogP contribution in [0.4, 0.5) is 4.79 Å². The van der Waals surface area contributed by atoms with E-state index >= 15 is 0 Å². The standard InChI is InChI=1S/C18H26N6O3/c1-3-7-24-13-19-21-16(24)14(2)20-18(26)23-9-5-8-22(10-11-23)17(25)15-6-4-12-27-15/h4,6,12-14H,3,5,7-11H2,1-2H3,(H,20,26)/t14-/m1/s1. The molecule has 1 aliphatic heterocycles. The highest BCUT2D eigenvalue weighted by atomic mass is 16.3. The van der Waals surface area contributed by atoms with Gasteiger partial charge in [-0.25, -0.2) is 4.79 Å². The van der Waals surface area contributed by atoms with Crippen molar-refractivity contribution in [2.75, 3.05) is 26.2 Å². The number of aryl methyl sites for hydroxylation is 1. The van der Waals surface area contributed by atoms with Gasteiger partial charge in [0.15, 0.2) is 11.6 Å². The quantitative estimate of drug-likeness (QED) is 0.862. The number of rotatable bonds is 5. The summed E-state index contributed by atoms with van der Waals surface area (Å²) in [6, 6.07) is 2.96. The predicted molar refractivity (Wildman–Crippen MR) is 98.1 cm³/mol. The molecule has 3 amide bonds. The molecule has 2 aromatic rings. The second kappa shape index (κ2) is 8.70. The molecule has 0 aromatic carbocycles. The number of carbonyl (C=O) groups excluding carboxylic acids is 2. The molecule has 0 radical (unpaired) electrons. The van der Waals surface area contributed by atoms with Gasteiger partial charge in [0.25, 0.3) is 5.91 Å². The fourth-order valence-electron chi connectivity index (χ4n) is 3.23. The maximum atomic E-state index is 12.7. The molecular weight excluding hydrogens is 348 g/mol. The van der Waals surface area contributed by atoms with Crippen molar-refractivity contribution in [3.8, 4) is 0 Å². The topological polar surface area (TPSA) is 96.5 Å². The van der Waals surface area contributed by atoms with Gasteiger partial charge in [-0.1, -0.05) is 6.92 Å². The van der Waals surface area contributed by atoms with Crippen LogP contribution in [0.25, 0.3) is 0 Å². The predicted octanol–water partition coefficient (Wildman–Crippen LogP) is 1.90. The van der Waals surface area contributed by atoms with E-state index in [1.807, 2.05) is 11.5 Å². The van der Waals surface area contributed by atoms with Crippen molar-refractivity contribution in [2.45, 2.75) is 39.3 Å². The summed E-state index contributed by atoms with van der Waals surface area (Å²) in [7, 11) is 0. The Morgan fingerprint density at radius 1 is 1.26 bits per heavy atom. The fourth-order valence-corrected chi connectivity index (χ4v) is 3.23. The fraction of sp³-hybridized carbons (Fsp3) is 0.556. The third kappa shape index (κ3) is 4.47. The lowest BCUT2D eigenvalue weighted by atomic mass is 10.3. The van der Waals surface area contributed by atoms with Crippen LogP contribution in [0.15, 0.2) is 29.1 Å². The van der Waals surface area contributed by atoms with Crippen LogP contribution in [0.1, 0.15) is 49.1 Å². The monoisotopic (exact) mass is 374 g/mol. The molecule has 3 rings (SSSR count). The minimum absolute atomic E-state index is 0.136. The number of hydrogen-bond acceptors (Lipinski definition) is 5. The average Bonchev–Trinajstić information content (AvgIpc) is 3.29. The number of amides is 3. The highest BCUT2D eigenvalue weighted by Crippen LogP contribution is 2.13. The number of hydrogen-bond donors (Lipinski definition) is 1. The first-order valence-corrected chi connectivity index (χ1v) is 9.36. The Bertz CT molecular complexity index is 757. The highest BCUT2D eigenvalue weighted by Gasteiger charge is 2.25. The maximum Gasteiger partial charge on any atom is 0.318 e. The Labute approximate surface area is 158 Å². The Balaban J connectivity index is 1.56. The van der Waals surface area contributed by atoms with Gasteiger partial charge in [-0.05, 0) is 31.9 Å². The van der Waals surface area contributed by atoms with Crippen LogP contribution >= 0.6 is 0 Å². The molecule has 0 unspecified atom stereocenters. The van der Waals surface area contributed by atoms with Crippen LogP contribution in [0.3, 0.4) is 0 Å². The van der Waals surface area contributed by atoms with Gasteiger partial charge >= 0.3 is 6.03 Å². The first kappa shape index (κ1) is 18.9. The molecule has 1 aliphatic rings. The third-order valence-corrected chi connectivity index (χ3v) is 4.64. The summed E-state index contributed by atoms with van der Waals surface area (Å²) in [4.78, 5) is 28.6. The number of aromatic nitrogens is 3. The second-order valence-corrected chi connectivity index (χ2v) is 6.66. The molecular formula is C18H26N6O3. The summed E-state index contributed by atoms with van der Waals surface area (Å²) in [5.74, 6) is 0.940. The van der Waals surface area contributed by atoms with Crippen LogP contribution in [-0.2, 0) is 6.54 Å². The number of furan rings is 1. The molecule has 146 valence electrons. The van der Waals surface area contributed by atoms with Crippen LogP contribution < -0.4 is 5.32 Å². The van der Waals surface area contributed by atoms with Gasteiger partial charge < -0.3 is 24.1 Å². The van der Waals surface area contributed by atoms with E-state index in [9.17, 15) is 9.59 Å². The van der Waals surface area contributed by atoms with Crippen LogP contribution in [0, 0.1) is 0 Å². The van der Waals surface area contributed by atoms with E-state index in [4.69, 9.17) is 4.42 Å². The van der Waals surface area contributed by atoms with Crippen molar-refractivity contribution >= 4 is 11.9 Å². The van der Waals surface area contributed by atoms with E-state index in [2.05, 4.69) is 22.4 Å². The van der Waals surface area contributed by atoms with E-state index in [0.717, 1.165) is 25.2 Å². The zero-order valence-corrected chi connectivity index (χ0v) is 15.8. The molecule has 9 heteroatoms. The van der Waals surface area contributed by atoms with Gasteiger partial charge in [-0.15, -0.1) is 10.2 Å². The van der Waals surface area contributed by atoms with E-state index in [1.54, 1.807) is 28.3 Å². The molecule has 0 bridgehead atoms. The lowest BCUT2D eigenvalue weighted by molar-refractivity contribution is 0.0730. The normalized spacial score (nSPS) is 16.1. The first-order chi connectivity index (χ1) is 13.1. The average molecular weight is 374 g/mol. The minimum atomic E-state index is -0.240. The molecule has 9 nitrogen and oxygen atoms in total. The van der Waals surface area contributed by atoms with Gasteiger partial charge in [0.05, 0.1) is 12.3 Å². The Kier molecular flexibility index (Phi) is 6.10. The van der Waals surface area contributed by atoms with Gasteiger partial charge in [0, 0.05) is 32.7 Å². The van der Waals surface area contributed by atoms with E-state index < -0.39 is 0 Å². The lowest BCUT2D eigenvalue weighted by Crippen LogP contribution is -2.43. The van der Waals surface area contributed by atoms with Crippen molar-refractivity contribution in [1.29, 1.82) is 0 Å². The molecule has 2 aromatic heterocycles. The molecule has 1 atom stereocenters. The molecule has 1 fully saturated rings. The third-order valence-electron chi connectivity index (χ3n) is 4.64. The van der Waals surface area contributed by atoms with E-state index in [-0.39, 0.29) is 18.0 Å². The van der Waals surface area contributed by atoms with Crippen LogP contribution in [-0.4, -0.2) is 62.7 Å². The molecule has 27 heavy (non-hydrogen) atoms. The van der Waals surface area contributed by atoms with Gasteiger partial charge in [-0.2, -0.15) is 0 Å². The maximum absolute atomic E-state index is 12.7. The van der Waals surface area contributed by atoms with Gasteiger partial charge in [0.1, 0.15) is 6.33 Å². The molecule has 0 spiro atoms. The number of nitrogens with zero attached hydrogens (tertiary/aromatic N) is 5. The Hall–Kier alpha value is -2.84. The van der Waals surface area contributed by atoms with Crippen molar-refractivity contribution in [3.05, 3.63) is 36.3 Å². The number of urea groups is 1. The molecule has 1 saturated heterocycles. The van der Waals surface area contributed by atoms with Crippen molar-refractivity contribution in [1.82, 2.24) is 29.9 Å². The molecule has 1 N–H and O–H groups in total. The summed E-state index contributed by atoms with van der Waals surface area (Å²) < 4.78 is 7.14. The minimum Gasteiger partial charge on any atom is -0.459 e. The Morgan fingerprint density at radius 3 is 2.78 bits per heavy atom. The summed E-state index contributed by atoms with van der Waals surface area (Å²) in [6.07, 6.45) is 4.87.